The molecule has 0 spiro atoms. The summed E-state index contributed by atoms with van der Waals surface area (Å²) in [6.07, 6.45) is -0.456. The van der Waals surface area contributed by atoms with Crippen molar-refractivity contribution in [2.75, 3.05) is 0 Å². The van der Waals surface area contributed by atoms with Crippen LogP contribution in [-0.2, 0) is 6.61 Å². The molecule has 0 fully saturated rings. The highest BCUT2D eigenvalue weighted by Crippen LogP contribution is 2.25. The summed E-state index contributed by atoms with van der Waals surface area (Å²) in [7, 11) is 0. The zero-order valence-electron chi connectivity index (χ0n) is 9.24. The van der Waals surface area contributed by atoms with E-state index in [-0.39, 0.29) is 6.61 Å². The highest BCUT2D eigenvalue weighted by Gasteiger charge is 2.09. The monoisotopic (exact) mass is 205 g/mol. The Morgan fingerprint density at radius 3 is 2.33 bits per heavy atom. The molecule has 0 saturated heterocycles. The number of ether oxygens (including phenoxy) is 1. The third-order valence-electron chi connectivity index (χ3n) is 2.18. The molecule has 0 aliphatic heterocycles. The summed E-state index contributed by atoms with van der Waals surface area (Å²) in [4.78, 5) is 0. The third-order valence-corrected chi connectivity index (χ3v) is 2.18. The van der Waals surface area contributed by atoms with Crippen molar-refractivity contribution in [3.63, 3.8) is 0 Å². The molecule has 0 amide bonds. The van der Waals surface area contributed by atoms with Crippen molar-refractivity contribution >= 4 is 0 Å². The average Bonchev–Trinajstić information content (AvgIpc) is 2.22. The van der Waals surface area contributed by atoms with Crippen LogP contribution in [0.4, 0.5) is 0 Å². The number of aliphatic hydroxyl groups is 1. The van der Waals surface area contributed by atoms with Gasteiger partial charge in [0.25, 0.3) is 0 Å². The van der Waals surface area contributed by atoms with Crippen LogP contribution in [0.3, 0.4) is 0 Å². The summed E-state index contributed by atoms with van der Waals surface area (Å²) in [6.45, 7) is 5.55. The smallest absolute Gasteiger partial charge is 0.181 e. The molecule has 1 aromatic carbocycles. The average molecular weight is 205 g/mol. The maximum absolute atomic E-state index is 9.01. The fourth-order valence-electron chi connectivity index (χ4n) is 1.52. The van der Waals surface area contributed by atoms with Gasteiger partial charge < -0.3 is 9.84 Å². The van der Waals surface area contributed by atoms with Gasteiger partial charge in [-0.05, 0) is 37.5 Å². The van der Waals surface area contributed by atoms with Crippen molar-refractivity contribution in [2.24, 2.45) is 0 Å². The van der Waals surface area contributed by atoms with Gasteiger partial charge in [-0.15, -0.1) is 0 Å². The highest BCUT2D eigenvalue weighted by atomic mass is 16.5. The van der Waals surface area contributed by atoms with Crippen LogP contribution in [0.1, 0.15) is 23.6 Å². The van der Waals surface area contributed by atoms with Crippen molar-refractivity contribution in [1.82, 2.24) is 0 Å². The Bertz CT molecular complexity index is 370. The molecule has 1 aromatic rings. The second-order valence-electron chi connectivity index (χ2n) is 3.61. The molecular formula is C12H15NO2. The molecule has 0 heterocycles. The van der Waals surface area contributed by atoms with Crippen molar-refractivity contribution < 1.29 is 9.84 Å². The summed E-state index contributed by atoms with van der Waals surface area (Å²) in [6, 6.07) is 5.76. The molecule has 15 heavy (non-hydrogen) atoms. The molecule has 0 aliphatic carbocycles. The summed E-state index contributed by atoms with van der Waals surface area (Å²) in [5, 5.41) is 17.7. The molecule has 3 nitrogen and oxygen atoms in total. The lowest BCUT2D eigenvalue weighted by Gasteiger charge is -2.14. The number of benzene rings is 1. The first kappa shape index (κ1) is 11.5. The van der Waals surface area contributed by atoms with E-state index >= 15 is 0 Å². The van der Waals surface area contributed by atoms with Crippen molar-refractivity contribution in [2.45, 2.75) is 33.5 Å². The van der Waals surface area contributed by atoms with Crippen LogP contribution >= 0.6 is 0 Å². The molecule has 1 atom stereocenters. The second kappa shape index (κ2) is 4.81. The van der Waals surface area contributed by atoms with Gasteiger partial charge >= 0.3 is 0 Å². The van der Waals surface area contributed by atoms with Gasteiger partial charge in [0.15, 0.2) is 6.10 Å². The molecule has 0 radical (unpaired) electrons. The SMILES string of the molecule is Cc1cc(CO)cc(C)c1OC(C)C#N. The Morgan fingerprint density at radius 2 is 1.93 bits per heavy atom. The van der Waals surface area contributed by atoms with Crippen LogP contribution < -0.4 is 4.74 Å². The minimum atomic E-state index is -0.456. The van der Waals surface area contributed by atoms with Crippen LogP contribution in [-0.4, -0.2) is 11.2 Å². The Labute approximate surface area is 89.9 Å². The summed E-state index contributed by atoms with van der Waals surface area (Å²) >= 11 is 0. The Hall–Kier alpha value is -1.53. The molecular weight excluding hydrogens is 190 g/mol. The molecule has 1 rings (SSSR count). The number of aliphatic hydroxyl groups excluding tert-OH is 1. The standard InChI is InChI=1S/C12H15NO2/c1-8-4-11(7-14)5-9(2)12(8)15-10(3)6-13/h4-5,10,14H,7H2,1-3H3. The zero-order valence-corrected chi connectivity index (χ0v) is 9.24. The first-order chi connectivity index (χ1) is 7.08. The fourth-order valence-corrected chi connectivity index (χ4v) is 1.52. The zero-order chi connectivity index (χ0) is 11.4. The van der Waals surface area contributed by atoms with Gasteiger partial charge in [0.05, 0.1) is 6.61 Å². The molecule has 0 aliphatic rings. The third kappa shape index (κ3) is 2.71. The molecule has 1 unspecified atom stereocenters. The van der Waals surface area contributed by atoms with Crippen molar-refractivity contribution in [3.05, 3.63) is 28.8 Å². The van der Waals surface area contributed by atoms with Crippen LogP contribution in [0.15, 0.2) is 12.1 Å². The number of nitrogens with zero attached hydrogens (tertiary/aromatic N) is 1. The number of hydrogen-bond donors (Lipinski definition) is 1. The predicted octanol–water partition coefficient (Wildman–Crippen LogP) is 2.09. The van der Waals surface area contributed by atoms with Gasteiger partial charge in [0.1, 0.15) is 11.8 Å². The minimum Gasteiger partial charge on any atom is -0.475 e. The van der Waals surface area contributed by atoms with Gasteiger partial charge in [0, 0.05) is 0 Å². The van der Waals surface area contributed by atoms with E-state index in [1.807, 2.05) is 32.0 Å². The van der Waals surface area contributed by atoms with Crippen LogP contribution in [0.2, 0.25) is 0 Å². The lowest BCUT2D eigenvalue weighted by Crippen LogP contribution is -2.10. The molecule has 80 valence electrons. The molecule has 3 heteroatoms. The molecule has 0 bridgehead atoms. The van der Waals surface area contributed by atoms with Gasteiger partial charge in [-0.3, -0.25) is 0 Å². The highest BCUT2D eigenvalue weighted by molar-refractivity contribution is 5.43. The van der Waals surface area contributed by atoms with Crippen LogP contribution in [0.25, 0.3) is 0 Å². The van der Waals surface area contributed by atoms with E-state index in [1.54, 1.807) is 6.92 Å². The largest absolute Gasteiger partial charge is 0.475 e. The van der Waals surface area contributed by atoms with Crippen LogP contribution in [0.5, 0.6) is 5.75 Å². The lowest BCUT2D eigenvalue weighted by molar-refractivity contribution is 0.270. The first-order valence-corrected chi connectivity index (χ1v) is 4.85. The molecule has 0 aromatic heterocycles. The summed E-state index contributed by atoms with van der Waals surface area (Å²) in [5.74, 6) is 0.737. The Balaban J connectivity index is 3.04. The summed E-state index contributed by atoms with van der Waals surface area (Å²) in [5.41, 5.74) is 2.75. The van der Waals surface area contributed by atoms with E-state index < -0.39 is 6.10 Å². The second-order valence-corrected chi connectivity index (χ2v) is 3.61. The van der Waals surface area contributed by atoms with E-state index in [2.05, 4.69) is 0 Å². The number of aryl methyl sites for hydroxylation is 2. The predicted molar refractivity (Wildman–Crippen MR) is 57.5 cm³/mol. The van der Waals surface area contributed by atoms with Gasteiger partial charge in [0.2, 0.25) is 0 Å². The fraction of sp³-hybridized carbons (Fsp3) is 0.417. The maximum atomic E-state index is 9.01. The molecule has 1 N–H and O–H groups in total. The lowest BCUT2D eigenvalue weighted by atomic mass is 10.1. The van der Waals surface area contributed by atoms with Crippen molar-refractivity contribution in [1.29, 1.82) is 5.26 Å². The topological polar surface area (TPSA) is 53.2 Å². The first-order valence-electron chi connectivity index (χ1n) is 4.85. The summed E-state index contributed by atoms with van der Waals surface area (Å²) < 4.78 is 5.48. The minimum absolute atomic E-state index is 0.0236. The van der Waals surface area contributed by atoms with E-state index in [0.29, 0.717) is 0 Å². The van der Waals surface area contributed by atoms with E-state index in [1.165, 1.54) is 0 Å². The van der Waals surface area contributed by atoms with Crippen LogP contribution in [0, 0.1) is 25.2 Å². The van der Waals surface area contributed by atoms with E-state index in [4.69, 9.17) is 15.1 Å². The number of hydrogen-bond acceptors (Lipinski definition) is 3. The normalized spacial score (nSPS) is 11.9. The Kier molecular flexibility index (Phi) is 3.70. The van der Waals surface area contributed by atoms with Gasteiger partial charge in [-0.2, -0.15) is 5.26 Å². The van der Waals surface area contributed by atoms with Gasteiger partial charge in [-0.1, -0.05) is 12.1 Å². The number of nitriles is 1. The van der Waals surface area contributed by atoms with Gasteiger partial charge in [-0.25, -0.2) is 0 Å². The van der Waals surface area contributed by atoms with Crippen molar-refractivity contribution in [3.8, 4) is 11.8 Å². The quantitative estimate of drug-likeness (QED) is 0.822. The maximum Gasteiger partial charge on any atom is 0.181 e. The number of rotatable bonds is 3. The van der Waals surface area contributed by atoms with E-state index in [9.17, 15) is 0 Å². The molecule has 0 saturated carbocycles. The Morgan fingerprint density at radius 1 is 1.40 bits per heavy atom. The van der Waals surface area contributed by atoms with E-state index in [0.717, 1.165) is 22.4 Å².